The lowest BCUT2D eigenvalue weighted by molar-refractivity contribution is 0.0860. The van der Waals surface area contributed by atoms with Crippen LogP contribution in [0.25, 0.3) is 11.2 Å². The Balaban J connectivity index is 2.06. The smallest absolute Gasteiger partial charge is 0.171 e. The summed E-state index contributed by atoms with van der Waals surface area (Å²) in [5.41, 5.74) is 2.38. The molecular formula is C18H20N4O. The first-order valence-electron chi connectivity index (χ1n) is 7.55. The normalized spacial score (nSPS) is 11.7. The van der Waals surface area contributed by atoms with E-state index >= 15 is 0 Å². The van der Waals surface area contributed by atoms with Crippen molar-refractivity contribution in [2.24, 2.45) is 5.41 Å². The minimum absolute atomic E-state index is 0.0533. The number of anilines is 2. The van der Waals surface area contributed by atoms with Crippen LogP contribution < -0.4 is 4.90 Å². The van der Waals surface area contributed by atoms with E-state index in [4.69, 9.17) is 0 Å². The number of Topliss-reactive ketones (excluding diaryl/α,β-unsaturated/α-hetero) is 1. The Labute approximate surface area is 135 Å². The van der Waals surface area contributed by atoms with E-state index < -0.39 is 5.41 Å². The molecular weight excluding hydrogens is 288 g/mol. The highest BCUT2D eigenvalue weighted by Gasteiger charge is 2.26. The number of carbonyl (C=O) groups excluding carboxylic acids is 1. The maximum Gasteiger partial charge on any atom is 0.171 e. The molecule has 0 aliphatic carbocycles. The summed E-state index contributed by atoms with van der Waals surface area (Å²) in [6, 6.07) is 9.93. The lowest BCUT2D eigenvalue weighted by atomic mass is 9.87. The van der Waals surface area contributed by atoms with Crippen LogP contribution in [-0.4, -0.2) is 27.8 Å². The second-order valence-corrected chi connectivity index (χ2v) is 6.60. The Morgan fingerprint density at radius 1 is 1.17 bits per heavy atom. The fraction of sp³-hybridized carbons (Fsp3) is 0.278. The van der Waals surface area contributed by atoms with Gasteiger partial charge in [0.05, 0.1) is 11.8 Å². The predicted molar refractivity (Wildman–Crippen MR) is 92.2 cm³/mol. The van der Waals surface area contributed by atoms with Crippen LogP contribution in [0.1, 0.15) is 31.1 Å². The number of benzene rings is 1. The molecule has 5 nitrogen and oxygen atoms in total. The number of aromatic nitrogens is 3. The van der Waals surface area contributed by atoms with E-state index in [9.17, 15) is 4.79 Å². The lowest BCUT2D eigenvalue weighted by Crippen LogP contribution is -2.20. The summed E-state index contributed by atoms with van der Waals surface area (Å²) in [6.45, 7) is 5.71. The molecule has 1 N–H and O–H groups in total. The summed E-state index contributed by atoms with van der Waals surface area (Å²) in [7, 11) is 1.93. The van der Waals surface area contributed by atoms with Crippen LogP contribution in [0, 0.1) is 5.41 Å². The number of H-pyrrole nitrogens is 1. The molecule has 0 bridgehead atoms. The number of rotatable bonds is 3. The van der Waals surface area contributed by atoms with Crippen molar-refractivity contribution in [3.63, 3.8) is 0 Å². The van der Waals surface area contributed by atoms with E-state index in [1.165, 1.54) is 0 Å². The van der Waals surface area contributed by atoms with Crippen LogP contribution in [0.5, 0.6) is 0 Å². The van der Waals surface area contributed by atoms with Gasteiger partial charge < -0.3 is 9.88 Å². The molecule has 23 heavy (non-hydrogen) atoms. The van der Waals surface area contributed by atoms with E-state index in [1.54, 1.807) is 12.4 Å². The third-order valence-corrected chi connectivity index (χ3v) is 3.78. The van der Waals surface area contributed by atoms with Crippen LogP contribution in [-0.2, 0) is 0 Å². The first-order valence-corrected chi connectivity index (χ1v) is 7.55. The average molecular weight is 308 g/mol. The Hall–Kier alpha value is -2.69. The van der Waals surface area contributed by atoms with Crippen LogP contribution in [0.15, 0.2) is 42.7 Å². The molecule has 118 valence electrons. The van der Waals surface area contributed by atoms with Crippen molar-refractivity contribution in [2.45, 2.75) is 20.8 Å². The minimum Gasteiger partial charge on any atom is -0.344 e. The number of nitrogens with one attached hydrogen (secondary N) is 1. The SMILES string of the molecule is CN(c1ccccc1)c1cnc2[nH]cc(C(=O)C(C)(C)C)c2n1. The zero-order chi connectivity index (χ0) is 16.6. The van der Waals surface area contributed by atoms with Gasteiger partial charge in [-0.1, -0.05) is 39.0 Å². The Bertz CT molecular complexity index is 846. The molecule has 0 spiro atoms. The highest BCUT2D eigenvalue weighted by Crippen LogP contribution is 2.27. The largest absolute Gasteiger partial charge is 0.344 e. The quantitative estimate of drug-likeness (QED) is 0.744. The summed E-state index contributed by atoms with van der Waals surface area (Å²) in [5, 5.41) is 0. The van der Waals surface area contributed by atoms with Gasteiger partial charge in [0.2, 0.25) is 0 Å². The second-order valence-electron chi connectivity index (χ2n) is 6.60. The van der Waals surface area contributed by atoms with E-state index in [1.807, 2.05) is 63.1 Å². The molecule has 0 saturated carbocycles. The average Bonchev–Trinajstić information content (AvgIpc) is 2.96. The number of ketones is 1. The molecule has 0 saturated heterocycles. The molecule has 0 amide bonds. The number of aromatic amines is 1. The molecule has 5 heteroatoms. The van der Waals surface area contributed by atoms with Crippen molar-refractivity contribution in [3.05, 3.63) is 48.3 Å². The van der Waals surface area contributed by atoms with Crippen molar-refractivity contribution in [2.75, 3.05) is 11.9 Å². The Morgan fingerprint density at radius 3 is 2.52 bits per heavy atom. The Morgan fingerprint density at radius 2 is 1.87 bits per heavy atom. The number of hydrogen-bond acceptors (Lipinski definition) is 4. The standard InChI is InChI=1S/C18H20N4O/c1-18(2,3)16(23)13-10-19-17-15(13)21-14(11-20-17)22(4)12-8-6-5-7-9-12/h5-11H,1-4H3,(H,19,20). The van der Waals surface area contributed by atoms with Gasteiger partial charge in [-0.25, -0.2) is 9.97 Å². The van der Waals surface area contributed by atoms with Crippen LogP contribution in [0.3, 0.4) is 0 Å². The first kappa shape index (κ1) is 15.2. The summed E-state index contributed by atoms with van der Waals surface area (Å²) in [5.74, 6) is 0.754. The minimum atomic E-state index is -0.460. The molecule has 3 rings (SSSR count). The Kier molecular flexibility index (Phi) is 3.64. The van der Waals surface area contributed by atoms with Gasteiger partial charge in [-0.3, -0.25) is 4.79 Å². The van der Waals surface area contributed by atoms with Crippen molar-refractivity contribution >= 4 is 28.5 Å². The monoisotopic (exact) mass is 308 g/mol. The zero-order valence-electron chi connectivity index (χ0n) is 13.8. The second kappa shape index (κ2) is 5.50. The van der Waals surface area contributed by atoms with Crippen molar-refractivity contribution < 1.29 is 4.79 Å². The van der Waals surface area contributed by atoms with Gasteiger partial charge in [-0.2, -0.15) is 0 Å². The number of carbonyl (C=O) groups is 1. The van der Waals surface area contributed by atoms with E-state index in [2.05, 4.69) is 15.0 Å². The highest BCUT2D eigenvalue weighted by molar-refractivity contribution is 6.08. The van der Waals surface area contributed by atoms with Gasteiger partial charge >= 0.3 is 0 Å². The van der Waals surface area contributed by atoms with E-state index in [-0.39, 0.29) is 5.78 Å². The van der Waals surface area contributed by atoms with Gasteiger partial charge in [0.25, 0.3) is 0 Å². The van der Waals surface area contributed by atoms with E-state index in [0.29, 0.717) is 22.5 Å². The third-order valence-electron chi connectivity index (χ3n) is 3.78. The molecule has 1 aromatic carbocycles. The zero-order valence-corrected chi connectivity index (χ0v) is 13.8. The fourth-order valence-corrected chi connectivity index (χ4v) is 2.40. The molecule has 0 aliphatic heterocycles. The summed E-state index contributed by atoms with van der Waals surface area (Å²) in [6.07, 6.45) is 3.40. The summed E-state index contributed by atoms with van der Waals surface area (Å²) < 4.78 is 0. The maximum absolute atomic E-state index is 12.6. The molecule has 0 fully saturated rings. The summed E-state index contributed by atoms with van der Waals surface area (Å²) >= 11 is 0. The van der Waals surface area contributed by atoms with Gasteiger partial charge in [-0.15, -0.1) is 0 Å². The lowest BCUT2D eigenvalue weighted by Gasteiger charge is -2.18. The van der Waals surface area contributed by atoms with Gasteiger partial charge in [0.15, 0.2) is 17.2 Å². The van der Waals surface area contributed by atoms with Crippen molar-refractivity contribution in [1.29, 1.82) is 0 Å². The molecule has 2 aromatic heterocycles. The first-order chi connectivity index (χ1) is 10.9. The highest BCUT2D eigenvalue weighted by atomic mass is 16.1. The van der Waals surface area contributed by atoms with Gasteiger partial charge in [0, 0.05) is 24.3 Å². The molecule has 0 radical (unpaired) electrons. The molecule has 3 aromatic rings. The van der Waals surface area contributed by atoms with Crippen molar-refractivity contribution in [1.82, 2.24) is 15.0 Å². The van der Waals surface area contributed by atoms with E-state index in [0.717, 1.165) is 5.69 Å². The topological polar surface area (TPSA) is 61.9 Å². The van der Waals surface area contributed by atoms with Crippen LogP contribution in [0.2, 0.25) is 0 Å². The number of fused-ring (bicyclic) bond motifs is 1. The summed E-state index contributed by atoms with van der Waals surface area (Å²) in [4.78, 5) is 26.6. The van der Waals surface area contributed by atoms with Crippen LogP contribution >= 0.6 is 0 Å². The van der Waals surface area contributed by atoms with Gasteiger partial charge in [0.1, 0.15) is 5.52 Å². The number of para-hydroxylation sites is 1. The molecule has 0 unspecified atom stereocenters. The van der Waals surface area contributed by atoms with Gasteiger partial charge in [-0.05, 0) is 12.1 Å². The predicted octanol–water partition coefficient (Wildman–Crippen LogP) is 3.95. The molecule has 2 heterocycles. The third kappa shape index (κ3) is 2.82. The number of hydrogen-bond donors (Lipinski definition) is 1. The van der Waals surface area contributed by atoms with Crippen molar-refractivity contribution in [3.8, 4) is 0 Å². The number of nitrogens with zero attached hydrogens (tertiary/aromatic N) is 3. The van der Waals surface area contributed by atoms with Crippen LogP contribution in [0.4, 0.5) is 11.5 Å². The molecule has 0 atom stereocenters. The fourth-order valence-electron chi connectivity index (χ4n) is 2.40. The maximum atomic E-state index is 12.6. The molecule has 0 aliphatic rings.